The van der Waals surface area contributed by atoms with E-state index in [-0.39, 0.29) is 29.7 Å². The number of fused-ring (bicyclic) bond motifs is 5. The molecule has 2 saturated heterocycles. The summed E-state index contributed by atoms with van der Waals surface area (Å²) in [5, 5.41) is 10.6. The number of carbonyl (C=O) groups is 2. The van der Waals surface area contributed by atoms with Gasteiger partial charge in [-0.15, -0.1) is 0 Å². The Hall–Kier alpha value is -2.54. The third kappa shape index (κ3) is 1.52. The minimum Gasteiger partial charge on any atom is -0.365 e. The molecule has 7 nitrogen and oxygen atoms in total. The monoisotopic (exact) mass is 286 g/mol. The zero-order valence-electron chi connectivity index (χ0n) is 10.7. The van der Waals surface area contributed by atoms with Crippen LogP contribution in [0.4, 0.5) is 11.4 Å². The number of anilines is 1. The largest absolute Gasteiger partial charge is 0.365 e. The molecule has 0 spiro atoms. The molecule has 4 rings (SSSR count). The highest BCUT2D eigenvalue weighted by Crippen LogP contribution is 2.46. The predicted molar refractivity (Wildman–Crippen MR) is 70.4 cm³/mol. The second-order valence-corrected chi connectivity index (χ2v) is 5.29. The fourth-order valence-electron chi connectivity index (χ4n) is 3.28. The highest BCUT2D eigenvalue weighted by molar-refractivity contribution is 6.23. The number of amides is 2. The second kappa shape index (κ2) is 3.98. The van der Waals surface area contributed by atoms with E-state index in [1.807, 2.05) is 12.2 Å². The van der Waals surface area contributed by atoms with Crippen molar-refractivity contribution >= 4 is 23.2 Å². The molecule has 2 bridgehead atoms. The fraction of sp³-hybridized carbons (Fsp3) is 0.286. The molecular formula is C14H10N2O5. The van der Waals surface area contributed by atoms with Gasteiger partial charge in [0.1, 0.15) is 0 Å². The van der Waals surface area contributed by atoms with Gasteiger partial charge in [-0.2, -0.15) is 0 Å². The zero-order valence-corrected chi connectivity index (χ0v) is 10.7. The van der Waals surface area contributed by atoms with Crippen molar-refractivity contribution in [2.45, 2.75) is 12.2 Å². The van der Waals surface area contributed by atoms with E-state index in [0.29, 0.717) is 5.69 Å². The highest BCUT2D eigenvalue weighted by atomic mass is 16.6. The molecule has 0 saturated carbocycles. The Morgan fingerprint density at radius 3 is 2.00 bits per heavy atom. The molecule has 3 aliphatic heterocycles. The Kier molecular flexibility index (Phi) is 2.32. The van der Waals surface area contributed by atoms with Crippen LogP contribution < -0.4 is 4.90 Å². The van der Waals surface area contributed by atoms with Gasteiger partial charge < -0.3 is 4.74 Å². The third-order valence-corrected chi connectivity index (χ3v) is 4.23. The van der Waals surface area contributed by atoms with Crippen molar-refractivity contribution in [1.29, 1.82) is 0 Å². The number of carbonyl (C=O) groups excluding carboxylic acids is 2. The minimum absolute atomic E-state index is 0.0805. The van der Waals surface area contributed by atoms with Gasteiger partial charge in [0.15, 0.2) is 0 Å². The van der Waals surface area contributed by atoms with Crippen molar-refractivity contribution in [3.63, 3.8) is 0 Å². The van der Waals surface area contributed by atoms with E-state index in [0.717, 1.165) is 4.90 Å². The predicted octanol–water partition coefficient (Wildman–Crippen LogP) is 1.04. The van der Waals surface area contributed by atoms with Crippen LogP contribution in [-0.2, 0) is 14.3 Å². The molecule has 2 fully saturated rings. The van der Waals surface area contributed by atoms with E-state index in [1.165, 1.54) is 24.3 Å². The Bertz CT molecular complexity index is 666. The second-order valence-electron chi connectivity index (χ2n) is 5.29. The summed E-state index contributed by atoms with van der Waals surface area (Å²) in [5.41, 5.74) is 0.285. The molecule has 1 aromatic carbocycles. The Morgan fingerprint density at radius 2 is 1.52 bits per heavy atom. The number of hydrogen-bond donors (Lipinski definition) is 0. The number of ether oxygens (including phenoxy) is 1. The first-order valence-electron chi connectivity index (χ1n) is 6.54. The molecule has 0 N–H and O–H groups in total. The van der Waals surface area contributed by atoms with Crippen LogP contribution in [0.5, 0.6) is 0 Å². The number of nitrogens with zero attached hydrogens (tertiary/aromatic N) is 2. The molecule has 0 aliphatic carbocycles. The Balaban J connectivity index is 1.69. The van der Waals surface area contributed by atoms with Gasteiger partial charge in [-0.3, -0.25) is 19.7 Å². The molecule has 1 aromatic rings. The van der Waals surface area contributed by atoms with Crippen LogP contribution >= 0.6 is 0 Å². The molecule has 4 atom stereocenters. The van der Waals surface area contributed by atoms with E-state index >= 15 is 0 Å². The van der Waals surface area contributed by atoms with E-state index < -0.39 is 16.8 Å². The van der Waals surface area contributed by atoms with Crippen molar-refractivity contribution in [2.24, 2.45) is 11.8 Å². The molecule has 21 heavy (non-hydrogen) atoms. The van der Waals surface area contributed by atoms with Gasteiger partial charge in [0, 0.05) is 12.1 Å². The Labute approximate surface area is 118 Å². The van der Waals surface area contributed by atoms with Crippen molar-refractivity contribution in [3.05, 3.63) is 46.5 Å². The van der Waals surface area contributed by atoms with Gasteiger partial charge in [-0.25, -0.2) is 4.90 Å². The van der Waals surface area contributed by atoms with E-state index in [4.69, 9.17) is 4.74 Å². The first kappa shape index (κ1) is 12.2. The molecule has 7 heteroatoms. The third-order valence-electron chi connectivity index (χ3n) is 4.23. The lowest BCUT2D eigenvalue weighted by Crippen LogP contribution is -2.34. The molecular weight excluding hydrogens is 276 g/mol. The van der Waals surface area contributed by atoms with Crippen LogP contribution in [0.3, 0.4) is 0 Å². The zero-order chi connectivity index (χ0) is 14.7. The van der Waals surface area contributed by atoms with Gasteiger partial charge >= 0.3 is 0 Å². The summed E-state index contributed by atoms with van der Waals surface area (Å²) < 4.78 is 5.55. The number of hydrogen-bond acceptors (Lipinski definition) is 5. The lowest BCUT2D eigenvalue weighted by atomic mass is 9.85. The molecule has 106 valence electrons. The Morgan fingerprint density at radius 1 is 1.00 bits per heavy atom. The lowest BCUT2D eigenvalue weighted by Gasteiger charge is -2.17. The van der Waals surface area contributed by atoms with Crippen LogP contribution in [-0.4, -0.2) is 28.9 Å². The average Bonchev–Trinajstić information content (AvgIpc) is 3.13. The van der Waals surface area contributed by atoms with Gasteiger partial charge in [0.05, 0.1) is 34.7 Å². The van der Waals surface area contributed by atoms with Gasteiger partial charge in [-0.05, 0) is 12.1 Å². The van der Waals surface area contributed by atoms with E-state index in [9.17, 15) is 19.7 Å². The van der Waals surface area contributed by atoms with E-state index in [1.54, 1.807) is 0 Å². The maximum atomic E-state index is 12.5. The molecule has 3 aliphatic rings. The molecule has 0 aromatic heterocycles. The van der Waals surface area contributed by atoms with Crippen LogP contribution in [0.2, 0.25) is 0 Å². The average molecular weight is 286 g/mol. The van der Waals surface area contributed by atoms with Crippen molar-refractivity contribution in [1.82, 2.24) is 0 Å². The van der Waals surface area contributed by atoms with Crippen molar-refractivity contribution in [2.75, 3.05) is 4.90 Å². The summed E-state index contributed by atoms with van der Waals surface area (Å²) in [5.74, 6) is -1.53. The maximum Gasteiger partial charge on any atom is 0.269 e. The first-order chi connectivity index (χ1) is 10.1. The van der Waals surface area contributed by atoms with Crippen molar-refractivity contribution < 1.29 is 19.2 Å². The summed E-state index contributed by atoms with van der Waals surface area (Å²) in [6, 6.07) is 5.41. The van der Waals surface area contributed by atoms with Crippen LogP contribution in [0.25, 0.3) is 0 Å². The quantitative estimate of drug-likeness (QED) is 0.350. The first-order valence-corrected chi connectivity index (χ1v) is 6.54. The summed E-state index contributed by atoms with van der Waals surface area (Å²) in [7, 11) is 0. The van der Waals surface area contributed by atoms with E-state index in [2.05, 4.69) is 0 Å². The number of benzene rings is 1. The molecule has 0 unspecified atom stereocenters. The van der Waals surface area contributed by atoms with Crippen LogP contribution in [0.15, 0.2) is 36.4 Å². The summed E-state index contributed by atoms with van der Waals surface area (Å²) in [4.78, 5) is 36.2. The molecule has 3 heterocycles. The smallest absolute Gasteiger partial charge is 0.269 e. The standard InChI is InChI=1S/C14H10N2O5/c17-13-11-9-5-6-10(21-9)12(11)14(18)15(13)7-1-3-8(4-2-7)16(19)20/h1-6,9-12H/t9-,10-,11+,12+/m1/s1. The number of non-ortho nitro benzene ring substituents is 1. The SMILES string of the molecule is O=C1[C@@H]2[C@@H](C(=O)N1c1ccc([N+](=O)[O-])cc1)[C@H]1C=C[C@H]2O1. The topological polar surface area (TPSA) is 89.8 Å². The number of nitro benzene ring substituents is 1. The molecule has 2 amide bonds. The number of rotatable bonds is 2. The summed E-state index contributed by atoms with van der Waals surface area (Å²) in [6.45, 7) is 0. The van der Waals surface area contributed by atoms with Crippen LogP contribution in [0.1, 0.15) is 0 Å². The van der Waals surface area contributed by atoms with Gasteiger partial charge in [-0.1, -0.05) is 12.2 Å². The van der Waals surface area contributed by atoms with Gasteiger partial charge in [0.25, 0.3) is 5.69 Å². The highest BCUT2D eigenvalue weighted by Gasteiger charge is 2.60. The minimum atomic E-state index is -0.524. The van der Waals surface area contributed by atoms with Crippen LogP contribution in [0, 0.1) is 22.0 Å². The van der Waals surface area contributed by atoms with Gasteiger partial charge in [0.2, 0.25) is 11.8 Å². The lowest BCUT2D eigenvalue weighted by molar-refractivity contribution is -0.384. The summed E-state index contributed by atoms with van der Waals surface area (Å²) in [6.07, 6.45) is 2.96. The molecule has 0 radical (unpaired) electrons. The number of imide groups is 1. The van der Waals surface area contributed by atoms with Crippen molar-refractivity contribution in [3.8, 4) is 0 Å². The normalized spacial score (nSPS) is 32.9. The fourth-order valence-corrected chi connectivity index (χ4v) is 3.28. The number of nitro groups is 1. The maximum absolute atomic E-state index is 12.5. The summed E-state index contributed by atoms with van der Waals surface area (Å²) >= 11 is 0.